The molecule has 24 heavy (non-hydrogen) atoms. The van der Waals surface area contributed by atoms with E-state index >= 15 is 0 Å². The fourth-order valence-corrected chi connectivity index (χ4v) is 4.16. The van der Waals surface area contributed by atoms with E-state index in [1.165, 1.54) is 6.33 Å². The van der Waals surface area contributed by atoms with Gasteiger partial charge in [-0.05, 0) is 33.1 Å². The molecule has 0 aliphatic heterocycles. The van der Waals surface area contributed by atoms with Gasteiger partial charge >= 0.3 is 0 Å². The number of hydrogen-bond acceptors (Lipinski definition) is 7. The molecule has 1 aliphatic rings. The molecule has 0 bridgehead atoms. The van der Waals surface area contributed by atoms with Gasteiger partial charge in [0, 0.05) is 6.04 Å². The van der Waals surface area contributed by atoms with Gasteiger partial charge in [0.25, 0.3) is 0 Å². The van der Waals surface area contributed by atoms with Crippen molar-refractivity contribution in [2.45, 2.75) is 45.3 Å². The van der Waals surface area contributed by atoms with Crippen molar-refractivity contribution in [1.82, 2.24) is 19.5 Å². The van der Waals surface area contributed by atoms with Crippen LogP contribution >= 0.6 is 8.38 Å². The summed E-state index contributed by atoms with van der Waals surface area (Å²) in [5.74, 6) is 0.420. The zero-order valence-corrected chi connectivity index (χ0v) is 15.0. The lowest BCUT2D eigenvalue weighted by Gasteiger charge is -2.19. The SMILES string of the molecule is CCOP(COC1CCC(n2cnc3c(N)ncnc32)C1)OCC. The molecule has 8 nitrogen and oxygen atoms in total. The zero-order valence-electron chi connectivity index (χ0n) is 14.1. The van der Waals surface area contributed by atoms with Crippen LogP contribution in [0.25, 0.3) is 11.2 Å². The van der Waals surface area contributed by atoms with Gasteiger partial charge in [-0.2, -0.15) is 0 Å². The van der Waals surface area contributed by atoms with Gasteiger partial charge in [-0.1, -0.05) is 0 Å². The molecule has 0 aromatic carbocycles. The summed E-state index contributed by atoms with van der Waals surface area (Å²) in [6.45, 7) is 5.23. The van der Waals surface area contributed by atoms with Crippen molar-refractivity contribution in [2.24, 2.45) is 0 Å². The number of aromatic nitrogens is 4. The molecule has 2 heterocycles. The quantitative estimate of drug-likeness (QED) is 0.729. The topological polar surface area (TPSA) is 97.3 Å². The summed E-state index contributed by atoms with van der Waals surface area (Å²) >= 11 is 0. The predicted octanol–water partition coefficient (Wildman–Crippen LogP) is 2.86. The minimum atomic E-state index is -0.947. The maximum atomic E-state index is 6.02. The smallest absolute Gasteiger partial charge is 0.198 e. The zero-order chi connectivity index (χ0) is 16.9. The number of nitrogen functional groups attached to an aromatic ring is 1. The third kappa shape index (κ3) is 3.83. The summed E-state index contributed by atoms with van der Waals surface area (Å²) in [5.41, 5.74) is 7.31. The second-order valence-corrected chi connectivity index (χ2v) is 7.08. The van der Waals surface area contributed by atoms with E-state index < -0.39 is 8.38 Å². The van der Waals surface area contributed by atoms with Gasteiger partial charge < -0.3 is 24.1 Å². The number of rotatable bonds is 8. The lowest BCUT2D eigenvalue weighted by Crippen LogP contribution is -2.12. The largest absolute Gasteiger partial charge is 0.382 e. The van der Waals surface area contributed by atoms with E-state index in [-0.39, 0.29) is 6.10 Å². The van der Waals surface area contributed by atoms with E-state index in [4.69, 9.17) is 19.5 Å². The number of ether oxygens (including phenoxy) is 1. The van der Waals surface area contributed by atoms with E-state index in [9.17, 15) is 0 Å². The Labute approximate surface area is 142 Å². The lowest BCUT2D eigenvalue weighted by molar-refractivity contribution is 0.0775. The second-order valence-electron chi connectivity index (χ2n) is 5.64. The van der Waals surface area contributed by atoms with Crippen LogP contribution in [0, 0.1) is 0 Å². The third-order valence-electron chi connectivity index (χ3n) is 4.10. The molecule has 0 amide bonds. The summed E-state index contributed by atoms with van der Waals surface area (Å²) in [6.07, 6.45) is 6.97. The van der Waals surface area contributed by atoms with Crippen molar-refractivity contribution in [3.63, 3.8) is 0 Å². The van der Waals surface area contributed by atoms with E-state index in [2.05, 4.69) is 19.5 Å². The van der Waals surface area contributed by atoms with Crippen LogP contribution in [0.15, 0.2) is 12.7 Å². The fourth-order valence-electron chi connectivity index (χ4n) is 3.02. The molecule has 0 saturated heterocycles. The molecule has 3 rings (SSSR count). The molecule has 0 radical (unpaired) electrons. The Morgan fingerprint density at radius 3 is 2.75 bits per heavy atom. The highest BCUT2D eigenvalue weighted by Gasteiger charge is 2.29. The fraction of sp³-hybridized carbons (Fsp3) is 0.667. The number of anilines is 1. The summed E-state index contributed by atoms with van der Waals surface area (Å²) in [5, 5.41) is 0. The van der Waals surface area contributed by atoms with Crippen LogP contribution in [0.5, 0.6) is 0 Å². The number of imidazole rings is 1. The van der Waals surface area contributed by atoms with Gasteiger partial charge in [0.15, 0.2) is 19.8 Å². The molecule has 1 fully saturated rings. The van der Waals surface area contributed by atoms with Crippen molar-refractivity contribution in [3.8, 4) is 0 Å². The minimum Gasteiger partial charge on any atom is -0.382 e. The van der Waals surface area contributed by atoms with Gasteiger partial charge in [0.05, 0.1) is 25.6 Å². The monoisotopic (exact) mass is 353 g/mol. The Morgan fingerprint density at radius 2 is 2.00 bits per heavy atom. The molecule has 0 spiro atoms. The number of nitrogens with two attached hydrogens (primary N) is 1. The van der Waals surface area contributed by atoms with E-state index in [0.717, 1.165) is 24.9 Å². The van der Waals surface area contributed by atoms with Crippen molar-refractivity contribution in [2.75, 3.05) is 25.3 Å². The summed E-state index contributed by atoms with van der Waals surface area (Å²) < 4.78 is 19.3. The molecule has 1 saturated carbocycles. The molecule has 2 N–H and O–H groups in total. The number of fused-ring (bicyclic) bond motifs is 1. The predicted molar refractivity (Wildman–Crippen MR) is 92.5 cm³/mol. The molecular formula is C15H24N5O3P. The number of nitrogens with zero attached hydrogens (tertiary/aromatic N) is 4. The maximum Gasteiger partial charge on any atom is 0.198 e. The van der Waals surface area contributed by atoms with Crippen molar-refractivity contribution in [3.05, 3.63) is 12.7 Å². The molecule has 2 atom stereocenters. The van der Waals surface area contributed by atoms with Gasteiger partial charge in [-0.25, -0.2) is 15.0 Å². The highest BCUT2D eigenvalue weighted by Crippen LogP contribution is 2.41. The normalized spacial score (nSPS) is 21.1. The van der Waals surface area contributed by atoms with Gasteiger partial charge in [-0.3, -0.25) is 0 Å². The molecule has 132 valence electrons. The first-order valence-electron chi connectivity index (χ1n) is 8.30. The molecule has 2 unspecified atom stereocenters. The lowest BCUT2D eigenvalue weighted by atomic mass is 10.2. The molecule has 2 aromatic heterocycles. The van der Waals surface area contributed by atoms with Crippen LogP contribution in [0.4, 0.5) is 5.82 Å². The first-order valence-corrected chi connectivity index (χ1v) is 9.67. The Balaban J connectivity index is 1.59. The summed E-state index contributed by atoms with van der Waals surface area (Å²) in [4.78, 5) is 12.7. The molecule has 9 heteroatoms. The average molecular weight is 353 g/mol. The highest BCUT2D eigenvalue weighted by atomic mass is 31.2. The summed E-state index contributed by atoms with van der Waals surface area (Å²) in [6, 6.07) is 0.319. The van der Waals surface area contributed by atoms with Crippen LogP contribution in [-0.4, -0.2) is 45.2 Å². The molecule has 1 aliphatic carbocycles. The standard InChI is InChI=1S/C15H24N5O3P/c1-3-22-24(23-4-2)10-21-12-6-5-11(7-12)20-9-19-13-14(16)17-8-18-15(13)20/h8-9,11-12H,3-7,10H2,1-2H3,(H2,16,17,18). The Bertz CT molecular complexity index is 662. The van der Waals surface area contributed by atoms with Crippen LogP contribution in [-0.2, 0) is 13.8 Å². The van der Waals surface area contributed by atoms with E-state index in [1.54, 1.807) is 6.33 Å². The van der Waals surface area contributed by atoms with Gasteiger partial charge in [0.1, 0.15) is 18.2 Å². The van der Waals surface area contributed by atoms with Crippen LogP contribution in [0.3, 0.4) is 0 Å². The Morgan fingerprint density at radius 1 is 1.21 bits per heavy atom. The third-order valence-corrected chi connectivity index (χ3v) is 5.55. The van der Waals surface area contributed by atoms with Gasteiger partial charge in [0.2, 0.25) is 0 Å². The van der Waals surface area contributed by atoms with Crippen LogP contribution in [0.1, 0.15) is 39.2 Å². The van der Waals surface area contributed by atoms with E-state index in [1.807, 2.05) is 13.8 Å². The molecule has 2 aromatic rings. The summed E-state index contributed by atoms with van der Waals surface area (Å²) in [7, 11) is -0.947. The first kappa shape index (κ1) is 17.5. The van der Waals surface area contributed by atoms with Gasteiger partial charge in [-0.15, -0.1) is 0 Å². The minimum absolute atomic E-state index is 0.206. The second kappa shape index (κ2) is 8.16. The Hall–Kier alpha value is -1.34. The first-order chi connectivity index (χ1) is 11.7. The van der Waals surface area contributed by atoms with Crippen molar-refractivity contribution in [1.29, 1.82) is 0 Å². The van der Waals surface area contributed by atoms with Crippen LogP contribution < -0.4 is 5.73 Å². The number of hydrogen-bond donors (Lipinski definition) is 1. The maximum absolute atomic E-state index is 6.02. The van der Waals surface area contributed by atoms with E-state index in [0.29, 0.717) is 36.9 Å². The Kier molecular flexibility index (Phi) is 5.94. The highest BCUT2D eigenvalue weighted by molar-refractivity contribution is 7.47. The average Bonchev–Trinajstić information content (AvgIpc) is 3.20. The molecular weight excluding hydrogens is 329 g/mol. The van der Waals surface area contributed by atoms with Crippen molar-refractivity contribution < 1.29 is 13.8 Å². The van der Waals surface area contributed by atoms with Crippen molar-refractivity contribution >= 4 is 25.4 Å². The van der Waals surface area contributed by atoms with Crippen LogP contribution in [0.2, 0.25) is 0 Å².